The van der Waals surface area contributed by atoms with Gasteiger partial charge in [-0.15, -0.1) is 0 Å². The van der Waals surface area contributed by atoms with Crippen molar-refractivity contribution in [3.63, 3.8) is 0 Å². The molecule has 0 spiro atoms. The van der Waals surface area contributed by atoms with Crippen molar-refractivity contribution in [2.75, 3.05) is 41.0 Å². The highest BCUT2D eigenvalue weighted by molar-refractivity contribution is 5.98. The van der Waals surface area contributed by atoms with Crippen molar-refractivity contribution in [1.29, 1.82) is 0 Å². The van der Waals surface area contributed by atoms with Crippen LogP contribution >= 0.6 is 0 Å². The number of ether oxygens (including phenoxy) is 3. The number of likely N-dealkylation sites (tertiary alicyclic amines) is 1. The van der Waals surface area contributed by atoms with E-state index >= 15 is 0 Å². The summed E-state index contributed by atoms with van der Waals surface area (Å²) >= 11 is 0. The Morgan fingerprint density at radius 2 is 1.50 bits per heavy atom. The second-order valence-electron chi connectivity index (χ2n) is 7.24. The Hall–Kier alpha value is -2.66. The van der Waals surface area contributed by atoms with Crippen LogP contribution < -0.4 is 14.2 Å². The van der Waals surface area contributed by atoms with Crippen LogP contribution in [0.3, 0.4) is 0 Å². The van der Waals surface area contributed by atoms with E-state index in [9.17, 15) is 0 Å². The van der Waals surface area contributed by atoms with Crippen LogP contribution in [0.1, 0.15) is 12.8 Å². The monoisotopic (exact) mass is 380 g/mol. The van der Waals surface area contributed by atoms with Gasteiger partial charge in [0.05, 0.1) is 26.8 Å². The molecule has 1 saturated heterocycles. The van der Waals surface area contributed by atoms with E-state index in [0.29, 0.717) is 0 Å². The van der Waals surface area contributed by atoms with Gasteiger partial charge in [-0.3, -0.25) is 0 Å². The number of fused-ring (bicyclic) bond motifs is 1. The van der Waals surface area contributed by atoms with Crippen LogP contribution in [0, 0.1) is 0 Å². The first kappa shape index (κ1) is 18.7. The first-order valence-electron chi connectivity index (χ1n) is 9.85. The number of rotatable bonds is 7. The molecule has 3 aromatic rings. The van der Waals surface area contributed by atoms with Crippen molar-refractivity contribution in [3.05, 3.63) is 42.6 Å². The summed E-state index contributed by atoms with van der Waals surface area (Å²) in [4.78, 5) is 2.54. The molecule has 0 radical (unpaired) electrons. The highest BCUT2D eigenvalue weighted by Gasteiger charge is 2.17. The molecule has 2 heterocycles. The summed E-state index contributed by atoms with van der Waals surface area (Å²) in [6, 6.07) is 12.4. The fraction of sp³-hybridized carbons (Fsp3) is 0.391. The summed E-state index contributed by atoms with van der Waals surface area (Å²) in [5.41, 5.74) is 3.53. The van der Waals surface area contributed by atoms with Crippen molar-refractivity contribution in [3.8, 4) is 28.4 Å². The quantitative estimate of drug-likeness (QED) is 0.607. The lowest BCUT2D eigenvalue weighted by atomic mass is 10.0. The van der Waals surface area contributed by atoms with Crippen LogP contribution in [0.2, 0.25) is 0 Å². The summed E-state index contributed by atoms with van der Waals surface area (Å²) in [6.07, 6.45) is 4.88. The highest BCUT2D eigenvalue weighted by Crippen LogP contribution is 2.38. The van der Waals surface area contributed by atoms with Gasteiger partial charge in [0.2, 0.25) is 0 Å². The van der Waals surface area contributed by atoms with Crippen molar-refractivity contribution in [2.24, 2.45) is 0 Å². The first-order chi connectivity index (χ1) is 13.7. The molecule has 5 heteroatoms. The number of hydrogen-bond donors (Lipinski definition) is 0. The van der Waals surface area contributed by atoms with Crippen molar-refractivity contribution in [1.82, 2.24) is 9.47 Å². The van der Waals surface area contributed by atoms with Gasteiger partial charge in [-0.1, -0.05) is 12.1 Å². The van der Waals surface area contributed by atoms with E-state index in [-0.39, 0.29) is 0 Å². The lowest BCUT2D eigenvalue weighted by molar-refractivity contribution is 0.324. The van der Waals surface area contributed by atoms with Gasteiger partial charge in [0.1, 0.15) is 5.75 Å². The second kappa shape index (κ2) is 8.15. The summed E-state index contributed by atoms with van der Waals surface area (Å²) in [7, 11) is 5.06. The van der Waals surface area contributed by atoms with Gasteiger partial charge in [-0.2, -0.15) is 0 Å². The largest absolute Gasteiger partial charge is 0.497 e. The minimum atomic E-state index is 0.752. The summed E-state index contributed by atoms with van der Waals surface area (Å²) in [6.45, 7) is 4.45. The molecule has 0 N–H and O–H groups in total. The molecule has 0 bridgehead atoms. The third-order valence-corrected chi connectivity index (χ3v) is 5.64. The number of hydrogen-bond acceptors (Lipinski definition) is 4. The standard InChI is InChI=1S/C23H28N2O3/c1-26-18-8-6-17(7-9-18)20-16-25(13-12-24-10-4-5-11-24)21-15-23(28-3)22(27-2)14-19(20)21/h6-9,14-16H,4-5,10-13H2,1-3H3. The molecule has 2 aromatic carbocycles. The Bertz CT molecular complexity index is 941. The molecule has 0 atom stereocenters. The van der Waals surface area contributed by atoms with Crippen LogP contribution in [-0.4, -0.2) is 50.4 Å². The molecule has 148 valence electrons. The van der Waals surface area contributed by atoms with Gasteiger partial charge >= 0.3 is 0 Å². The average molecular weight is 380 g/mol. The smallest absolute Gasteiger partial charge is 0.162 e. The third-order valence-electron chi connectivity index (χ3n) is 5.64. The van der Waals surface area contributed by atoms with Gasteiger partial charge in [-0.25, -0.2) is 0 Å². The van der Waals surface area contributed by atoms with Crippen molar-refractivity contribution in [2.45, 2.75) is 19.4 Å². The van der Waals surface area contributed by atoms with Gasteiger partial charge in [0.25, 0.3) is 0 Å². The minimum absolute atomic E-state index is 0.752. The van der Waals surface area contributed by atoms with Crippen molar-refractivity contribution < 1.29 is 14.2 Å². The predicted octanol–water partition coefficient (Wildman–Crippen LogP) is 4.43. The van der Waals surface area contributed by atoms with E-state index in [1.54, 1.807) is 21.3 Å². The summed E-state index contributed by atoms with van der Waals surface area (Å²) < 4.78 is 18.8. The van der Waals surface area contributed by atoms with Gasteiger partial charge in [-0.05, 0) is 49.7 Å². The maximum atomic E-state index is 5.56. The number of nitrogens with zero attached hydrogens (tertiary/aromatic N) is 2. The molecular formula is C23H28N2O3. The van der Waals surface area contributed by atoms with Gasteiger partial charge < -0.3 is 23.7 Å². The Kier molecular flexibility index (Phi) is 5.44. The summed E-state index contributed by atoms with van der Waals surface area (Å²) in [5, 5.41) is 1.17. The van der Waals surface area contributed by atoms with Gasteiger partial charge in [0.15, 0.2) is 11.5 Å². The Labute approximate surface area is 166 Å². The Balaban J connectivity index is 1.78. The van der Waals surface area contributed by atoms with Crippen LogP contribution in [0.5, 0.6) is 17.2 Å². The second-order valence-corrected chi connectivity index (χ2v) is 7.24. The average Bonchev–Trinajstić information content (AvgIpc) is 3.39. The summed E-state index contributed by atoms with van der Waals surface area (Å²) in [5.74, 6) is 2.37. The molecule has 0 amide bonds. The van der Waals surface area contributed by atoms with Gasteiger partial charge in [0, 0.05) is 36.3 Å². The Morgan fingerprint density at radius 1 is 0.821 bits per heavy atom. The third kappa shape index (κ3) is 3.54. The molecule has 0 aliphatic carbocycles. The number of aromatic nitrogens is 1. The maximum Gasteiger partial charge on any atom is 0.162 e. The molecular weight excluding hydrogens is 352 g/mol. The normalized spacial score (nSPS) is 14.5. The highest BCUT2D eigenvalue weighted by atomic mass is 16.5. The SMILES string of the molecule is COc1ccc(-c2cn(CCN3CCCC3)c3cc(OC)c(OC)cc23)cc1. The molecule has 1 aliphatic heterocycles. The zero-order valence-corrected chi connectivity index (χ0v) is 16.9. The molecule has 28 heavy (non-hydrogen) atoms. The Morgan fingerprint density at radius 3 is 2.14 bits per heavy atom. The maximum absolute atomic E-state index is 5.56. The molecule has 1 fully saturated rings. The fourth-order valence-electron chi connectivity index (χ4n) is 4.06. The zero-order chi connectivity index (χ0) is 19.5. The van der Waals surface area contributed by atoms with Crippen LogP contribution in [0.25, 0.3) is 22.0 Å². The van der Waals surface area contributed by atoms with Crippen LogP contribution in [0.4, 0.5) is 0 Å². The predicted molar refractivity (Wildman–Crippen MR) is 113 cm³/mol. The van der Waals surface area contributed by atoms with E-state index in [1.807, 2.05) is 12.1 Å². The van der Waals surface area contributed by atoms with Crippen molar-refractivity contribution >= 4 is 10.9 Å². The lowest BCUT2D eigenvalue weighted by Crippen LogP contribution is -2.23. The molecule has 1 aliphatic rings. The van der Waals surface area contributed by atoms with Crippen LogP contribution in [0.15, 0.2) is 42.6 Å². The zero-order valence-electron chi connectivity index (χ0n) is 16.9. The van der Waals surface area contributed by atoms with E-state index in [1.165, 1.54) is 42.4 Å². The fourth-order valence-corrected chi connectivity index (χ4v) is 4.06. The first-order valence-corrected chi connectivity index (χ1v) is 9.85. The lowest BCUT2D eigenvalue weighted by Gasteiger charge is -2.15. The van der Waals surface area contributed by atoms with E-state index in [2.05, 4.69) is 39.9 Å². The number of methoxy groups -OCH3 is 3. The molecule has 5 nitrogen and oxygen atoms in total. The minimum Gasteiger partial charge on any atom is -0.497 e. The van der Waals surface area contributed by atoms with E-state index in [4.69, 9.17) is 14.2 Å². The van der Waals surface area contributed by atoms with E-state index < -0.39 is 0 Å². The molecule has 0 saturated carbocycles. The topological polar surface area (TPSA) is 35.9 Å². The molecule has 0 unspecified atom stereocenters. The molecule has 4 rings (SSSR count). The molecule has 1 aromatic heterocycles. The van der Waals surface area contributed by atoms with E-state index in [0.717, 1.165) is 35.9 Å². The number of benzene rings is 2. The van der Waals surface area contributed by atoms with Crippen LogP contribution in [-0.2, 0) is 6.54 Å².